The molecule has 1 aliphatic rings. The summed E-state index contributed by atoms with van der Waals surface area (Å²) >= 11 is 0. The quantitative estimate of drug-likeness (QED) is 0.845. The number of carboxylic acid groups (broad SMARTS) is 1. The number of benzene rings is 1. The van der Waals surface area contributed by atoms with Crippen LogP contribution in [0.4, 0.5) is 0 Å². The monoisotopic (exact) mass is 354 g/mol. The van der Waals surface area contributed by atoms with Crippen molar-refractivity contribution >= 4 is 16.0 Å². The van der Waals surface area contributed by atoms with Crippen LogP contribution in [-0.2, 0) is 14.8 Å². The van der Waals surface area contributed by atoms with Crippen LogP contribution >= 0.6 is 0 Å². The lowest BCUT2D eigenvalue weighted by atomic mass is 10.0. The van der Waals surface area contributed by atoms with Gasteiger partial charge in [-0.25, -0.2) is 8.42 Å². The van der Waals surface area contributed by atoms with Crippen LogP contribution < -0.4 is 0 Å². The van der Waals surface area contributed by atoms with E-state index >= 15 is 0 Å². The van der Waals surface area contributed by atoms with Crippen molar-refractivity contribution in [2.75, 3.05) is 26.7 Å². The molecule has 1 heterocycles. The van der Waals surface area contributed by atoms with E-state index < -0.39 is 16.0 Å². The minimum Gasteiger partial charge on any atom is -0.480 e. The molecule has 134 valence electrons. The van der Waals surface area contributed by atoms with Crippen LogP contribution in [-0.4, -0.2) is 61.4 Å². The van der Waals surface area contributed by atoms with E-state index in [2.05, 4.69) is 13.8 Å². The summed E-state index contributed by atoms with van der Waals surface area (Å²) in [4.78, 5) is 12.9. The second-order valence-electron chi connectivity index (χ2n) is 6.67. The molecule has 0 bridgehead atoms. The van der Waals surface area contributed by atoms with E-state index in [1.165, 1.54) is 4.31 Å². The largest absolute Gasteiger partial charge is 0.480 e. The lowest BCUT2D eigenvalue weighted by Crippen LogP contribution is -2.46. The smallest absolute Gasteiger partial charge is 0.317 e. The molecule has 0 unspecified atom stereocenters. The number of likely N-dealkylation sites (N-methyl/N-ethyl adjacent to an activating group) is 1. The van der Waals surface area contributed by atoms with Gasteiger partial charge in [0.15, 0.2) is 0 Å². The lowest BCUT2D eigenvalue weighted by molar-refractivity contribution is -0.138. The van der Waals surface area contributed by atoms with Gasteiger partial charge in [0.25, 0.3) is 0 Å². The third-order valence-corrected chi connectivity index (χ3v) is 6.53. The maximum Gasteiger partial charge on any atom is 0.317 e. The Balaban J connectivity index is 2.03. The molecule has 6 nitrogen and oxygen atoms in total. The van der Waals surface area contributed by atoms with Crippen molar-refractivity contribution in [1.29, 1.82) is 0 Å². The molecule has 24 heavy (non-hydrogen) atoms. The molecular weight excluding hydrogens is 328 g/mol. The molecule has 0 spiro atoms. The maximum absolute atomic E-state index is 12.7. The number of carbonyl (C=O) groups is 1. The number of hydrogen-bond acceptors (Lipinski definition) is 4. The second kappa shape index (κ2) is 7.63. The summed E-state index contributed by atoms with van der Waals surface area (Å²) in [5.41, 5.74) is 1.11. The Labute approximate surface area is 144 Å². The predicted octanol–water partition coefficient (Wildman–Crippen LogP) is 1.98. The van der Waals surface area contributed by atoms with Gasteiger partial charge in [0.05, 0.1) is 11.4 Å². The molecule has 1 aromatic carbocycles. The molecule has 0 aliphatic carbocycles. The zero-order chi connectivity index (χ0) is 17.9. The van der Waals surface area contributed by atoms with Gasteiger partial charge in [-0.3, -0.25) is 9.69 Å². The summed E-state index contributed by atoms with van der Waals surface area (Å²) in [6.45, 7) is 4.96. The van der Waals surface area contributed by atoms with Gasteiger partial charge in [0.2, 0.25) is 10.0 Å². The van der Waals surface area contributed by atoms with Crippen molar-refractivity contribution in [2.24, 2.45) is 0 Å². The van der Waals surface area contributed by atoms with Gasteiger partial charge in [-0.05, 0) is 43.5 Å². The third-order valence-electron chi connectivity index (χ3n) is 4.62. The number of rotatable bonds is 6. The van der Waals surface area contributed by atoms with Gasteiger partial charge in [0.1, 0.15) is 0 Å². The Morgan fingerprint density at radius 2 is 1.79 bits per heavy atom. The Morgan fingerprint density at radius 3 is 2.25 bits per heavy atom. The summed E-state index contributed by atoms with van der Waals surface area (Å²) < 4.78 is 27.0. The highest BCUT2D eigenvalue weighted by Crippen LogP contribution is 2.24. The Kier molecular flexibility index (Phi) is 6.01. The molecular formula is C17H26N2O4S. The molecule has 0 saturated carbocycles. The summed E-state index contributed by atoms with van der Waals surface area (Å²) in [5.74, 6) is -0.500. The third kappa shape index (κ3) is 4.34. The normalized spacial score (nSPS) is 17.5. The van der Waals surface area contributed by atoms with Crippen molar-refractivity contribution in [3.05, 3.63) is 29.8 Å². The summed E-state index contributed by atoms with van der Waals surface area (Å²) in [7, 11) is -1.71. The fraction of sp³-hybridized carbons (Fsp3) is 0.588. The minimum absolute atomic E-state index is 0.0198. The van der Waals surface area contributed by atoms with E-state index in [9.17, 15) is 13.2 Å². The number of carboxylic acids is 1. The standard InChI is InChI=1S/C17H26N2O4S/c1-13(2)14-4-6-16(7-5-14)24(22,23)19-10-8-15(9-11-19)18(3)12-17(20)21/h4-7,13,15H,8-12H2,1-3H3,(H,20,21). The highest BCUT2D eigenvalue weighted by molar-refractivity contribution is 7.89. The average molecular weight is 354 g/mol. The summed E-state index contributed by atoms with van der Waals surface area (Å²) in [6, 6.07) is 7.19. The van der Waals surface area contributed by atoms with Gasteiger partial charge < -0.3 is 5.11 Å². The summed E-state index contributed by atoms with van der Waals surface area (Å²) in [6.07, 6.45) is 1.29. The Hall–Kier alpha value is -1.44. The van der Waals surface area contributed by atoms with Crippen molar-refractivity contribution in [3.63, 3.8) is 0 Å². The molecule has 0 amide bonds. The van der Waals surface area contributed by atoms with Crippen molar-refractivity contribution < 1.29 is 18.3 Å². The minimum atomic E-state index is -3.48. The molecule has 7 heteroatoms. The second-order valence-corrected chi connectivity index (χ2v) is 8.61. The van der Waals surface area contributed by atoms with E-state index in [4.69, 9.17) is 5.11 Å². The van der Waals surface area contributed by atoms with Gasteiger partial charge in [0, 0.05) is 19.1 Å². The van der Waals surface area contributed by atoms with Crippen LogP contribution in [0.15, 0.2) is 29.2 Å². The van der Waals surface area contributed by atoms with Gasteiger partial charge >= 0.3 is 5.97 Å². The highest BCUT2D eigenvalue weighted by atomic mass is 32.2. The maximum atomic E-state index is 12.7. The lowest BCUT2D eigenvalue weighted by Gasteiger charge is -2.35. The Morgan fingerprint density at radius 1 is 1.25 bits per heavy atom. The first-order valence-electron chi connectivity index (χ1n) is 8.24. The zero-order valence-corrected chi connectivity index (χ0v) is 15.3. The van der Waals surface area contributed by atoms with Gasteiger partial charge in [-0.1, -0.05) is 26.0 Å². The predicted molar refractivity (Wildman–Crippen MR) is 92.6 cm³/mol. The number of hydrogen-bond donors (Lipinski definition) is 1. The topological polar surface area (TPSA) is 77.9 Å². The van der Waals surface area contributed by atoms with Crippen LogP contribution in [0.25, 0.3) is 0 Å². The van der Waals surface area contributed by atoms with E-state index in [0.717, 1.165) is 5.56 Å². The number of nitrogens with zero attached hydrogens (tertiary/aromatic N) is 2. The van der Waals surface area contributed by atoms with E-state index in [-0.39, 0.29) is 12.6 Å². The molecule has 1 aliphatic heterocycles. The number of aliphatic carboxylic acids is 1. The molecule has 2 rings (SSSR count). The van der Waals surface area contributed by atoms with Crippen LogP contribution in [0, 0.1) is 0 Å². The molecule has 0 radical (unpaired) electrons. The van der Waals surface area contributed by atoms with E-state index in [1.807, 2.05) is 12.1 Å². The first kappa shape index (κ1) is 18.9. The fourth-order valence-electron chi connectivity index (χ4n) is 3.04. The van der Waals surface area contributed by atoms with Crippen molar-refractivity contribution in [3.8, 4) is 0 Å². The van der Waals surface area contributed by atoms with E-state index in [1.54, 1.807) is 24.1 Å². The van der Waals surface area contributed by atoms with E-state index in [0.29, 0.717) is 36.7 Å². The molecule has 1 fully saturated rings. The van der Waals surface area contributed by atoms with Crippen molar-refractivity contribution in [2.45, 2.75) is 43.5 Å². The molecule has 0 aromatic heterocycles. The first-order valence-corrected chi connectivity index (χ1v) is 9.68. The fourth-order valence-corrected chi connectivity index (χ4v) is 4.51. The molecule has 0 atom stereocenters. The molecule has 1 N–H and O–H groups in total. The summed E-state index contributed by atoms with van der Waals surface area (Å²) in [5, 5.41) is 8.86. The van der Waals surface area contributed by atoms with Gasteiger partial charge in [-0.15, -0.1) is 0 Å². The van der Waals surface area contributed by atoms with Crippen molar-refractivity contribution in [1.82, 2.24) is 9.21 Å². The number of sulfonamides is 1. The zero-order valence-electron chi connectivity index (χ0n) is 14.5. The van der Waals surface area contributed by atoms with Crippen LogP contribution in [0.2, 0.25) is 0 Å². The molecule has 1 saturated heterocycles. The van der Waals surface area contributed by atoms with Gasteiger partial charge in [-0.2, -0.15) is 4.31 Å². The molecule has 1 aromatic rings. The van der Waals surface area contributed by atoms with Crippen LogP contribution in [0.1, 0.15) is 38.2 Å². The average Bonchev–Trinajstić information content (AvgIpc) is 2.54. The Bertz CT molecular complexity index is 662. The van der Waals surface area contributed by atoms with Crippen LogP contribution in [0.5, 0.6) is 0 Å². The van der Waals surface area contributed by atoms with Crippen LogP contribution in [0.3, 0.4) is 0 Å². The number of piperidine rings is 1. The first-order chi connectivity index (χ1) is 11.2. The SMILES string of the molecule is CC(C)c1ccc(S(=O)(=O)N2CCC(N(C)CC(=O)O)CC2)cc1. The highest BCUT2D eigenvalue weighted by Gasteiger charge is 2.31.